The third-order valence-corrected chi connectivity index (χ3v) is 3.28. The molecule has 0 saturated heterocycles. The number of aliphatic hydroxyl groups excluding tert-OH is 3. The second-order valence-electron chi connectivity index (χ2n) is 6.08. The van der Waals surface area contributed by atoms with Crippen molar-refractivity contribution >= 4 is 10.2 Å². The van der Waals surface area contributed by atoms with Gasteiger partial charge in [0.05, 0.1) is 0 Å². The molecule has 0 spiro atoms. The SMILES string of the molecule is CC(C)O.CC(C)O.CC(C)O.CC1=C(C)C(C)[C-]=C1[SiH3].[Ti]. The fourth-order valence-corrected chi connectivity index (χ4v) is 1.99. The van der Waals surface area contributed by atoms with E-state index in [4.69, 9.17) is 15.3 Å². The van der Waals surface area contributed by atoms with Crippen LogP contribution in [0.5, 0.6) is 0 Å². The Morgan fingerprint density at radius 3 is 1.14 bits per heavy atom. The van der Waals surface area contributed by atoms with Crippen molar-refractivity contribution in [2.45, 2.75) is 80.6 Å². The van der Waals surface area contributed by atoms with Crippen molar-refractivity contribution in [1.82, 2.24) is 0 Å². The van der Waals surface area contributed by atoms with Crippen molar-refractivity contribution < 1.29 is 37.0 Å². The van der Waals surface area contributed by atoms with Gasteiger partial charge in [0, 0.05) is 40.0 Å². The minimum Gasteiger partial charge on any atom is -0.394 e. The predicted octanol–water partition coefficient (Wildman–Crippen LogP) is 2.18. The molecule has 0 heterocycles. The summed E-state index contributed by atoms with van der Waals surface area (Å²) in [5.41, 5.74) is 3.01. The van der Waals surface area contributed by atoms with Crippen molar-refractivity contribution in [1.29, 1.82) is 0 Å². The van der Waals surface area contributed by atoms with Crippen LogP contribution in [-0.4, -0.2) is 43.9 Å². The van der Waals surface area contributed by atoms with Gasteiger partial charge in [0.1, 0.15) is 0 Å². The molecule has 0 radical (unpaired) electrons. The summed E-state index contributed by atoms with van der Waals surface area (Å²) < 4.78 is 0. The molecule has 0 aromatic rings. The molecule has 22 heavy (non-hydrogen) atoms. The maximum absolute atomic E-state index is 8.06. The standard InChI is InChI=1S/C8H13Si.3C3H8O.Ti/c1-5-4-8(9)7(3)6(5)2;3*1-3(2)4;/h5H,1-3,9H3;3*3-4H,1-2H3;/q-1;;;;. The van der Waals surface area contributed by atoms with Crippen LogP contribution in [0.1, 0.15) is 62.3 Å². The molecule has 1 rings (SSSR count). The van der Waals surface area contributed by atoms with Crippen molar-refractivity contribution in [3.63, 3.8) is 0 Å². The maximum Gasteiger partial charge on any atom is 0.0483 e. The first-order valence-electron chi connectivity index (χ1n) is 7.64. The molecule has 3 N–H and O–H groups in total. The summed E-state index contributed by atoms with van der Waals surface area (Å²) in [4.78, 5) is 0. The van der Waals surface area contributed by atoms with Crippen molar-refractivity contribution in [2.24, 2.45) is 5.92 Å². The zero-order valence-corrected chi connectivity index (χ0v) is 19.7. The van der Waals surface area contributed by atoms with E-state index in [9.17, 15) is 0 Å². The summed E-state index contributed by atoms with van der Waals surface area (Å²) in [5, 5.41) is 25.6. The molecule has 1 aliphatic carbocycles. The summed E-state index contributed by atoms with van der Waals surface area (Å²) >= 11 is 0. The fraction of sp³-hybridized carbons (Fsp3) is 0.765. The molecule has 1 aliphatic rings. The number of hydrogen-bond acceptors (Lipinski definition) is 3. The molecular formula is C17H37O3SiTi-. The van der Waals surface area contributed by atoms with Gasteiger partial charge in [-0.05, 0) is 51.8 Å². The second-order valence-corrected chi connectivity index (χ2v) is 7.08. The van der Waals surface area contributed by atoms with E-state index in [2.05, 4.69) is 26.8 Å². The summed E-state index contributed by atoms with van der Waals surface area (Å²) in [5.74, 6) is 0.595. The van der Waals surface area contributed by atoms with Gasteiger partial charge < -0.3 is 15.3 Å². The molecule has 1 unspecified atom stereocenters. The van der Waals surface area contributed by atoms with E-state index < -0.39 is 0 Å². The van der Waals surface area contributed by atoms with E-state index in [1.807, 2.05) is 0 Å². The van der Waals surface area contributed by atoms with E-state index >= 15 is 0 Å². The minimum atomic E-state index is -0.167. The van der Waals surface area contributed by atoms with Gasteiger partial charge in [-0.3, -0.25) is 6.08 Å². The Labute approximate surface area is 156 Å². The number of hydrogen-bond donors (Lipinski definition) is 3. The van der Waals surface area contributed by atoms with E-state index in [0.29, 0.717) is 5.92 Å². The topological polar surface area (TPSA) is 60.7 Å². The third kappa shape index (κ3) is 28.5. The van der Waals surface area contributed by atoms with Gasteiger partial charge >= 0.3 is 0 Å². The van der Waals surface area contributed by atoms with Crippen molar-refractivity contribution in [3.8, 4) is 0 Å². The minimum absolute atomic E-state index is 0. The summed E-state index contributed by atoms with van der Waals surface area (Å²) in [6.07, 6.45) is 2.92. The monoisotopic (exact) mass is 365 g/mol. The Balaban J connectivity index is -0.000000107. The Kier molecular flexibility index (Phi) is 24.2. The Bertz CT molecular complexity index is 288. The molecule has 0 aromatic carbocycles. The zero-order chi connectivity index (χ0) is 17.7. The summed E-state index contributed by atoms with van der Waals surface area (Å²) in [7, 11) is 1.16. The number of aliphatic hydroxyl groups is 3. The van der Waals surface area contributed by atoms with Crippen LogP contribution in [0.15, 0.2) is 16.3 Å². The number of allylic oxidation sites excluding steroid dienone is 4. The molecule has 3 nitrogen and oxygen atoms in total. The van der Waals surface area contributed by atoms with E-state index in [-0.39, 0.29) is 40.0 Å². The van der Waals surface area contributed by atoms with Crippen LogP contribution < -0.4 is 0 Å². The van der Waals surface area contributed by atoms with Crippen LogP contribution in [0.3, 0.4) is 0 Å². The van der Waals surface area contributed by atoms with E-state index in [1.54, 1.807) is 41.5 Å². The van der Waals surface area contributed by atoms with E-state index in [0.717, 1.165) is 10.2 Å². The van der Waals surface area contributed by atoms with Gasteiger partial charge in [-0.25, -0.2) is 10.8 Å². The first kappa shape index (κ1) is 30.2. The largest absolute Gasteiger partial charge is 0.394 e. The Hall–Kier alpha value is 0.291. The van der Waals surface area contributed by atoms with E-state index in [1.165, 1.54) is 16.3 Å². The van der Waals surface area contributed by atoms with Crippen LogP contribution in [0, 0.1) is 12.0 Å². The molecule has 1 atom stereocenters. The first-order valence-corrected chi connectivity index (χ1v) is 8.64. The molecule has 0 fully saturated rings. The van der Waals surface area contributed by atoms with Crippen LogP contribution in [-0.2, 0) is 21.7 Å². The normalized spacial score (nSPS) is 16.1. The van der Waals surface area contributed by atoms with Gasteiger partial charge in [0.2, 0.25) is 0 Å². The third-order valence-electron chi connectivity index (χ3n) is 2.24. The maximum atomic E-state index is 8.06. The van der Waals surface area contributed by atoms with Crippen LogP contribution in [0.25, 0.3) is 0 Å². The van der Waals surface area contributed by atoms with Gasteiger partial charge in [0.15, 0.2) is 0 Å². The molecule has 5 heteroatoms. The second kappa shape index (κ2) is 17.6. The summed E-state index contributed by atoms with van der Waals surface area (Å²) in [6, 6.07) is 0. The van der Waals surface area contributed by atoms with Gasteiger partial charge in [0.25, 0.3) is 0 Å². The summed E-state index contributed by atoms with van der Waals surface area (Å²) in [6.45, 7) is 17.0. The first-order chi connectivity index (χ1) is 9.32. The zero-order valence-electron chi connectivity index (χ0n) is 16.2. The van der Waals surface area contributed by atoms with Crippen LogP contribution >= 0.6 is 0 Å². The average Bonchev–Trinajstić information content (AvgIpc) is 2.43. The molecule has 0 aromatic heterocycles. The fourth-order valence-electron chi connectivity index (χ4n) is 1.16. The van der Waals surface area contributed by atoms with Gasteiger partial charge in [-0.1, -0.05) is 19.8 Å². The van der Waals surface area contributed by atoms with Gasteiger partial charge in [-0.2, -0.15) is 5.57 Å². The smallest absolute Gasteiger partial charge is 0.0483 e. The molecule has 0 aliphatic heterocycles. The number of rotatable bonds is 0. The van der Waals surface area contributed by atoms with Crippen molar-refractivity contribution in [2.75, 3.05) is 0 Å². The quantitative estimate of drug-likeness (QED) is 0.456. The van der Waals surface area contributed by atoms with Crippen LogP contribution in [0.4, 0.5) is 0 Å². The molecule has 0 amide bonds. The molecule has 132 valence electrons. The van der Waals surface area contributed by atoms with Crippen LogP contribution in [0.2, 0.25) is 0 Å². The molecule has 0 bridgehead atoms. The van der Waals surface area contributed by atoms with Crippen molar-refractivity contribution in [3.05, 3.63) is 22.4 Å². The Morgan fingerprint density at radius 1 is 0.864 bits per heavy atom. The molecule has 0 saturated carbocycles. The van der Waals surface area contributed by atoms with Gasteiger partial charge in [-0.15, -0.1) is 6.92 Å². The molecular weight excluding hydrogens is 328 g/mol. The average molecular weight is 365 g/mol. The predicted molar refractivity (Wildman–Crippen MR) is 96.3 cm³/mol. The Morgan fingerprint density at radius 2 is 1.09 bits per heavy atom.